The van der Waals surface area contributed by atoms with Crippen LogP contribution in [0.5, 0.6) is 0 Å². The highest BCUT2D eigenvalue weighted by atomic mass is 35.5. The minimum atomic E-state index is -0.191. The van der Waals surface area contributed by atoms with E-state index in [2.05, 4.69) is 57.3 Å². The highest BCUT2D eigenvalue weighted by Gasteiger charge is 2.38. The van der Waals surface area contributed by atoms with E-state index in [1.807, 2.05) is 31.2 Å². The van der Waals surface area contributed by atoms with Crippen LogP contribution in [-0.4, -0.2) is 5.78 Å². The molecule has 0 unspecified atom stereocenters. The lowest BCUT2D eigenvalue weighted by Gasteiger charge is -2.20. The Morgan fingerprint density at radius 3 is 2.56 bits per heavy atom. The van der Waals surface area contributed by atoms with Crippen LogP contribution in [0.25, 0.3) is 23.5 Å². The van der Waals surface area contributed by atoms with Crippen LogP contribution in [0.1, 0.15) is 56.6 Å². The number of hydrogen-bond donors (Lipinski definition) is 0. The van der Waals surface area contributed by atoms with Gasteiger partial charge in [0.1, 0.15) is 11.5 Å². The average molecular weight is 445 g/mol. The number of ketones is 1. The van der Waals surface area contributed by atoms with Gasteiger partial charge in [-0.2, -0.15) is 0 Å². The second-order valence-electron chi connectivity index (χ2n) is 8.43. The molecule has 1 heterocycles. The monoisotopic (exact) mass is 444 g/mol. The first-order valence-electron chi connectivity index (χ1n) is 10.7. The summed E-state index contributed by atoms with van der Waals surface area (Å²) in [4.78, 5) is 12.8. The smallest absolute Gasteiger partial charge is 0.184 e. The summed E-state index contributed by atoms with van der Waals surface area (Å²) in [5, 5.41) is 0.340. The maximum atomic E-state index is 12.8. The minimum Gasteiger partial charge on any atom is -0.456 e. The fourth-order valence-electron chi connectivity index (χ4n) is 4.03. The Kier molecular flexibility index (Phi) is 7.06. The number of Topliss-reactive ketones (excluding diaryl/α,β-unsaturated/α-hetero) is 1. The van der Waals surface area contributed by atoms with Crippen LogP contribution >= 0.6 is 11.6 Å². The molecule has 0 atom stereocenters. The second-order valence-corrected chi connectivity index (χ2v) is 8.91. The van der Waals surface area contributed by atoms with Crippen molar-refractivity contribution in [1.29, 1.82) is 0 Å². The fourth-order valence-corrected chi connectivity index (χ4v) is 4.20. The van der Waals surface area contributed by atoms with Gasteiger partial charge in [0.15, 0.2) is 5.78 Å². The zero-order valence-corrected chi connectivity index (χ0v) is 19.9. The SMILES string of the molecule is C=C/C=C\C=C/c1ccc2c(c1)C(C)(C)c1cc(/C=C(/CC)C(=O)/C(C)=C/C(=C)Cl)oc1-2. The standard InChI is InChI=1S/C29H29ClO2/c1-7-9-10-11-12-21-13-14-24-25(16-21)29(5,6)26-18-23(32-28(24)26)17-22(8-2)27(31)19(3)15-20(4)30/h7,9-18H,1,4,8H2,2-3,5-6H3/b10-9-,12-11-,19-15+,22-17-. The molecular formula is C29H29ClO2. The predicted octanol–water partition coefficient (Wildman–Crippen LogP) is 8.40. The molecule has 0 aliphatic heterocycles. The molecule has 164 valence electrons. The lowest BCUT2D eigenvalue weighted by molar-refractivity contribution is -0.112. The number of halogens is 1. The van der Waals surface area contributed by atoms with Gasteiger partial charge in [-0.05, 0) is 48.3 Å². The third-order valence-corrected chi connectivity index (χ3v) is 5.86. The Bertz CT molecular complexity index is 1200. The maximum absolute atomic E-state index is 12.8. The summed E-state index contributed by atoms with van der Waals surface area (Å²) in [6.07, 6.45) is 13.7. The van der Waals surface area contributed by atoms with E-state index in [4.69, 9.17) is 16.0 Å². The summed E-state index contributed by atoms with van der Waals surface area (Å²) in [6, 6.07) is 8.48. The van der Waals surface area contributed by atoms with E-state index in [1.54, 1.807) is 19.1 Å². The summed E-state index contributed by atoms with van der Waals surface area (Å²) in [6.45, 7) is 15.4. The number of carbonyl (C=O) groups is 1. The van der Waals surface area contributed by atoms with Crippen LogP contribution in [-0.2, 0) is 10.2 Å². The molecule has 3 heteroatoms. The van der Waals surface area contributed by atoms with Gasteiger partial charge < -0.3 is 4.42 Å². The first kappa shape index (κ1) is 23.6. The van der Waals surface area contributed by atoms with Gasteiger partial charge in [-0.15, -0.1) is 0 Å². The molecule has 0 fully saturated rings. The molecule has 0 saturated heterocycles. The lowest BCUT2D eigenvalue weighted by Crippen LogP contribution is -2.14. The van der Waals surface area contributed by atoms with Crippen LogP contribution in [0, 0.1) is 0 Å². The first-order valence-corrected chi connectivity index (χ1v) is 11.1. The molecule has 1 aromatic heterocycles. The van der Waals surface area contributed by atoms with Crippen LogP contribution < -0.4 is 0 Å². The number of furan rings is 1. The topological polar surface area (TPSA) is 30.2 Å². The van der Waals surface area contributed by atoms with E-state index in [0.717, 1.165) is 22.5 Å². The average Bonchev–Trinajstić information content (AvgIpc) is 3.26. The van der Waals surface area contributed by atoms with E-state index in [-0.39, 0.29) is 11.2 Å². The van der Waals surface area contributed by atoms with E-state index in [1.165, 1.54) is 5.56 Å². The van der Waals surface area contributed by atoms with Crippen molar-refractivity contribution in [3.63, 3.8) is 0 Å². The van der Waals surface area contributed by atoms with Crippen molar-refractivity contribution >= 4 is 29.5 Å². The van der Waals surface area contributed by atoms with Crippen molar-refractivity contribution in [2.75, 3.05) is 0 Å². The molecule has 0 amide bonds. The Hall–Kier alpha value is -3.10. The Labute approximate surface area is 196 Å². The van der Waals surface area contributed by atoms with Crippen molar-refractivity contribution in [1.82, 2.24) is 0 Å². The van der Waals surface area contributed by atoms with Gasteiger partial charge in [-0.1, -0.05) is 94.1 Å². The molecule has 0 spiro atoms. The van der Waals surface area contributed by atoms with Gasteiger partial charge in [-0.3, -0.25) is 4.79 Å². The first-order chi connectivity index (χ1) is 15.2. The third-order valence-electron chi connectivity index (χ3n) is 5.75. The molecule has 1 aliphatic carbocycles. The Morgan fingerprint density at radius 2 is 1.91 bits per heavy atom. The zero-order chi connectivity index (χ0) is 23.5. The molecule has 1 aromatic carbocycles. The third kappa shape index (κ3) is 4.71. The van der Waals surface area contributed by atoms with Crippen molar-refractivity contribution < 1.29 is 9.21 Å². The summed E-state index contributed by atoms with van der Waals surface area (Å²) >= 11 is 5.84. The van der Waals surface area contributed by atoms with Crippen molar-refractivity contribution in [2.24, 2.45) is 0 Å². The molecule has 1 aliphatic rings. The number of fused-ring (bicyclic) bond motifs is 3. The van der Waals surface area contributed by atoms with Crippen molar-refractivity contribution in [2.45, 2.75) is 39.5 Å². The van der Waals surface area contributed by atoms with Gasteiger partial charge in [0.2, 0.25) is 0 Å². The summed E-state index contributed by atoms with van der Waals surface area (Å²) in [5.74, 6) is 1.52. The van der Waals surface area contributed by atoms with Gasteiger partial charge in [0.05, 0.1) is 0 Å². The van der Waals surface area contributed by atoms with Crippen molar-refractivity contribution in [3.8, 4) is 11.3 Å². The summed E-state index contributed by atoms with van der Waals surface area (Å²) in [5.41, 5.74) is 5.66. The molecule has 2 aromatic rings. The molecule has 32 heavy (non-hydrogen) atoms. The maximum Gasteiger partial charge on any atom is 0.184 e. The molecule has 0 radical (unpaired) electrons. The van der Waals surface area contributed by atoms with Crippen molar-refractivity contribution in [3.05, 3.63) is 106 Å². The molecule has 0 bridgehead atoms. The number of allylic oxidation sites excluding steroid dienone is 8. The number of rotatable bonds is 8. The highest BCUT2D eigenvalue weighted by molar-refractivity contribution is 6.31. The van der Waals surface area contributed by atoms with Gasteiger partial charge in [0, 0.05) is 27.1 Å². The number of benzene rings is 1. The van der Waals surface area contributed by atoms with Gasteiger partial charge in [0.25, 0.3) is 0 Å². The fraction of sp³-hybridized carbons (Fsp3) is 0.207. The molecule has 0 saturated carbocycles. The van der Waals surface area contributed by atoms with E-state index < -0.39 is 0 Å². The van der Waals surface area contributed by atoms with Crippen LogP contribution in [0.3, 0.4) is 0 Å². The molecule has 3 rings (SSSR count). The minimum absolute atomic E-state index is 0.0487. The number of carbonyl (C=O) groups excluding carboxylic acids is 1. The van der Waals surface area contributed by atoms with Gasteiger partial charge >= 0.3 is 0 Å². The van der Waals surface area contributed by atoms with Crippen LogP contribution in [0.2, 0.25) is 0 Å². The van der Waals surface area contributed by atoms with E-state index in [9.17, 15) is 4.79 Å². The lowest BCUT2D eigenvalue weighted by atomic mass is 9.82. The van der Waals surface area contributed by atoms with Crippen LogP contribution in [0.4, 0.5) is 0 Å². The molecule has 2 nitrogen and oxygen atoms in total. The predicted molar refractivity (Wildman–Crippen MR) is 137 cm³/mol. The normalized spacial score (nSPS) is 15.3. The van der Waals surface area contributed by atoms with Gasteiger partial charge in [-0.25, -0.2) is 0 Å². The van der Waals surface area contributed by atoms with E-state index in [0.29, 0.717) is 28.4 Å². The largest absolute Gasteiger partial charge is 0.456 e. The molecular weight excluding hydrogens is 416 g/mol. The Morgan fingerprint density at radius 1 is 1.16 bits per heavy atom. The second kappa shape index (κ2) is 9.58. The summed E-state index contributed by atoms with van der Waals surface area (Å²) < 4.78 is 6.25. The quantitative estimate of drug-likeness (QED) is 0.302. The molecule has 0 N–H and O–H groups in total. The van der Waals surface area contributed by atoms with Crippen LogP contribution in [0.15, 0.2) is 88.4 Å². The summed E-state index contributed by atoms with van der Waals surface area (Å²) in [7, 11) is 0. The highest BCUT2D eigenvalue weighted by Crippen LogP contribution is 2.50. The Balaban J connectivity index is 1.97. The zero-order valence-electron chi connectivity index (χ0n) is 19.2. The number of hydrogen-bond acceptors (Lipinski definition) is 2. The van der Waals surface area contributed by atoms with E-state index >= 15 is 0 Å².